The second kappa shape index (κ2) is 11.2. The molecule has 3 aliphatic heterocycles. The SMILES string of the molecule is Cc1cc2[nH]c(=O)c3cnn(C4CCOCC4)c3c2cc1C(=O)N1CCN(Cc2cnc(N3CCOCC3)s2)CC1. The highest BCUT2D eigenvalue weighted by Gasteiger charge is 2.26. The summed E-state index contributed by atoms with van der Waals surface area (Å²) in [4.78, 5) is 42.2. The van der Waals surface area contributed by atoms with Gasteiger partial charge < -0.3 is 24.3 Å². The van der Waals surface area contributed by atoms with Gasteiger partial charge in [-0.3, -0.25) is 19.2 Å². The first kappa shape index (κ1) is 26.6. The number of amides is 1. The summed E-state index contributed by atoms with van der Waals surface area (Å²) in [5, 5.41) is 7.10. The number of carbonyl (C=O) groups is 1. The number of aryl methyl sites for hydroxylation is 1. The van der Waals surface area contributed by atoms with E-state index in [0.29, 0.717) is 37.3 Å². The van der Waals surface area contributed by atoms with Crippen LogP contribution >= 0.6 is 11.3 Å². The van der Waals surface area contributed by atoms with E-state index in [9.17, 15) is 9.59 Å². The lowest BCUT2D eigenvalue weighted by Gasteiger charge is -2.34. The number of rotatable bonds is 5. The monoisotopic (exact) mass is 577 g/mol. The number of carbonyl (C=O) groups excluding carboxylic acids is 1. The summed E-state index contributed by atoms with van der Waals surface area (Å²) in [5.74, 6) is 0.0351. The van der Waals surface area contributed by atoms with Crippen molar-refractivity contribution in [2.75, 3.05) is 70.6 Å². The number of H-pyrrole nitrogens is 1. The van der Waals surface area contributed by atoms with E-state index < -0.39 is 0 Å². The Labute approximate surface area is 241 Å². The maximum atomic E-state index is 13.8. The molecule has 1 aromatic carbocycles. The van der Waals surface area contributed by atoms with Crippen molar-refractivity contribution in [2.24, 2.45) is 0 Å². The van der Waals surface area contributed by atoms with Gasteiger partial charge in [0.2, 0.25) is 0 Å². The van der Waals surface area contributed by atoms with Crippen LogP contribution < -0.4 is 10.5 Å². The van der Waals surface area contributed by atoms with Crippen molar-refractivity contribution in [1.29, 1.82) is 0 Å². The van der Waals surface area contributed by atoms with Gasteiger partial charge in [0.1, 0.15) is 0 Å². The van der Waals surface area contributed by atoms with E-state index in [0.717, 1.165) is 85.9 Å². The number of ether oxygens (including phenoxy) is 2. The molecule has 4 aromatic rings. The number of hydrogen-bond acceptors (Lipinski definition) is 9. The van der Waals surface area contributed by atoms with E-state index in [2.05, 4.69) is 24.9 Å². The quantitative estimate of drug-likeness (QED) is 0.386. The van der Waals surface area contributed by atoms with Crippen molar-refractivity contribution >= 4 is 44.2 Å². The van der Waals surface area contributed by atoms with E-state index >= 15 is 0 Å². The van der Waals surface area contributed by atoms with Crippen molar-refractivity contribution in [2.45, 2.75) is 32.4 Å². The molecule has 0 saturated carbocycles. The summed E-state index contributed by atoms with van der Waals surface area (Å²) >= 11 is 1.75. The minimum atomic E-state index is -0.154. The maximum absolute atomic E-state index is 13.8. The predicted molar refractivity (Wildman–Crippen MR) is 158 cm³/mol. The molecule has 3 saturated heterocycles. The second-order valence-electron chi connectivity index (χ2n) is 11.1. The fraction of sp³-hybridized carbons (Fsp3) is 0.517. The van der Waals surface area contributed by atoms with E-state index in [1.165, 1.54) is 4.88 Å². The molecule has 1 N–H and O–H groups in total. The normalized spacial score (nSPS) is 19.4. The zero-order chi connectivity index (χ0) is 27.9. The van der Waals surface area contributed by atoms with Crippen LogP contribution in [-0.4, -0.2) is 101 Å². The lowest BCUT2D eigenvalue weighted by molar-refractivity contribution is 0.0629. The van der Waals surface area contributed by atoms with Crippen molar-refractivity contribution in [3.63, 3.8) is 0 Å². The van der Waals surface area contributed by atoms with Crippen LogP contribution in [-0.2, 0) is 16.0 Å². The maximum Gasteiger partial charge on any atom is 0.259 e. The Hall–Kier alpha value is -3.32. The number of hydrogen-bond donors (Lipinski definition) is 1. The van der Waals surface area contributed by atoms with Crippen molar-refractivity contribution in [1.82, 2.24) is 29.5 Å². The molecular formula is C29H35N7O4S. The standard InChI is InChI=1S/C29H35N7O4S/c1-19-14-25-23(26-24(27(37)32-25)17-31-36(26)20-2-10-39-11-3-20)15-22(19)28(38)34-6-4-33(5-7-34)18-21-16-30-29(41-21)35-8-12-40-13-9-35/h14-17,20H,2-13,18H2,1H3,(H,32,37). The van der Waals surface area contributed by atoms with Gasteiger partial charge in [0.25, 0.3) is 11.5 Å². The summed E-state index contributed by atoms with van der Waals surface area (Å²) in [5.41, 5.74) is 2.92. The van der Waals surface area contributed by atoms with Crippen molar-refractivity contribution in [3.8, 4) is 0 Å². The Bertz CT molecular complexity index is 1630. The Morgan fingerprint density at radius 3 is 2.54 bits per heavy atom. The average molecular weight is 578 g/mol. The summed E-state index contributed by atoms with van der Waals surface area (Å²) in [6, 6.07) is 4.06. The molecule has 1 amide bonds. The number of fused-ring (bicyclic) bond motifs is 3. The van der Waals surface area contributed by atoms with Gasteiger partial charge in [0.05, 0.1) is 41.9 Å². The fourth-order valence-corrected chi connectivity index (χ4v) is 7.21. The van der Waals surface area contributed by atoms with Gasteiger partial charge in [0, 0.05) is 81.1 Å². The Balaban J connectivity index is 1.09. The lowest BCUT2D eigenvalue weighted by atomic mass is 10.0. The number of aromatic amines is 1. The third kappa shape index (κ3) is 5.14. The molecule has 7 rings (SSSR count). The van der Waals surface area contributed by atoms with Gasteiger partial charge in [-0.2, -0.15) is 5.10 Å². The molecule has 0 unspecified atom stereocenters. The molecule has 3 aliphatic rings. The molecule has 216 valence electrons. The highest BCUT2D eigenvalue weighted by molar-refractivity contribution is 7.15. The number of thiazole rings is 1. The zero-order valence-corrected chi connectivity index (χ0v) is 24.1. The number of morpholine rings is 1. The molecule has 3 fully saturated rings. The third-order valence-corrected chi connectivity index (χ3v) is 9.58. The predicted octanol–water partition coefficient (Wildman–Crippen LogP) is 2.79. The molecule has 3 aromatic heterocycles. The number of nitrogens with zero attached hydrogens (tertiary/aromatic N) is 6. The summed E-state index contributed by atoms with van der Waals surface area (Å²) in [7, 11) is 0. The molecule has 41 heavy (non-hydrogen) atoms. The lowest BCUT2D eigenvalue weighted by Crippen LogP contribution is -2.48. The van der Waals surface area contributed by atoms with E-state index in [1.807, 2.05) is 34.8 Å². The second-order valence-corrected chi connectivity index (χ2v) is 12.2. The van der Waals surface area contributed by atoms with Crippen LogP contribution in [0.15, 0.2) is 29.3 Å². The van der Waals surface area contributed by atoms with Gasteiger partial charge in [0.15, 0.2) is 5.13 Å². The highest BCUT2D eigenvalue weighted by atomic mass is 32.1. The van der Waals surface area contributed by atoms with Gasteiger partial charge in [-0.25, -0.2) is 4.98 Å². The van der Waals surface area contributed by atoms with Crippen LogP contribution in [0.2, 0.25) is 0 Å². The van der Waals surface area contributed by atoms with Crippen LogP contribution in [0.3, 0.4) is 0 Å². The van der Waals surface area contributed by atoms with Crippen LogP contribution in [0, 0.1) is 6.92 Å². The number of pyridine rings is 1. The summed E-state index contributed by atoms with van der Waals surface area (Å²) < 4.78 is 13.0. The molecule has 0 atom stereocenters. The number of piperazine rings is 1. The van der Waals surface area contributed by atoms with Crippen LogP contribution in [0.4, 0.5) is 5.13 Å². The van der Waals surface area contributed by atoms with Crippen LogP contribution in [0.1, 0.15) is 39.7 Å². The zero-order valence-electron chi connectivity index (χ0n) is 23.3. The molecular weight excluding hydrogens is 542 g/mol. The highest BCUT2D eigenvalue weighted by Crippen LogP contribution is 2.30. The fourth-order valence-electron chi connectivity index (χ4n) is 6.20. The van der Waals surface area contributed by atoms with Crippen molar-refractivity contribution < 1.29 is 14.3 Å². The van der Waals surface area contributed by atoms with E-state index in [-0.39, 0.29) is 17.5 Å². The Morgan fingerprint density at radius 2 is 1.76 bits per heavy atom. The van der Waals surface area contributed by atoms with E-state index in [4.69, 9.17) is 9.47 Å². The first-order chi connectivity index (χ1) is 20.0. The molecule has 0 aliphatic carbocycles. The molecule has 0 radical (unpaired) electrons. The smallest absolute Gasteiger partial charge is 0.259 e. The largest absolute Gasteiger partial charge is 0.381 e. The van der Waals surface area contributed by atoms with Gasteiger partial charge in [-0.05, 0) is 37.5 Å². The van der Waals surface area contributed by atoms with E-state index in [1.54, 1.807) is 17.5 Å². The Morgan fingerprint density at radius 1 is 1.00 bits per heavy atom. The summed E-state index contributed by atoms with van der Waals surface area (Å²) in [6.45, 7) is 10.4. The topological polar surface area (TPSA) is 109 Å². The first-order valence-electron chi connectivity index (χ1n) is 14.5. The molecule has 6 heterocycles. The number of anilines is 1. The Kier molecular flexibility index (Phi) is 7.23. The first-order valence-corrected chi connectivity index (χ1v) is 15.3. The minimum Gasteiger partial charge on any atom is -0.381 e. The van der Waals surface area contributed by atoms with Gasteiger partial charge >= 0.3 is 0 Å². The molecule has 11 nitrogen and oxygen atoms in total. The average Bonchev–Trinajstić information content (AvgIpc) is 3.66. The van der Waals surface area contributed by atoms with Crippen LogP contribution in [0.25, 0.3) is 21.8 Å². The molecule has 0 spiro atoms. The third-order valence-electron chi connectivity index (χ3n) is 8.54. The number of aromatic nitrogens is 4. The van der Waals surface area contributed by atoms with Crippen LogP contribution in [0.5, 0.6) is 0 Å². The van der Waals surface area contributed by atoms with Gasteiger partial charge in [-0.1, -0.05) is 0 Å². The van der Waals surface area contributed by atoms with Gasteiger partial charge in [-0.15, -0.1) is 11.3 Å². The summed E-state index contributed by atoms with van der Waals surface area (Å²) in [6.07, 6.45) is 5.34. The molecule has 0 bridgehead atoms. The number of benzene rings is 1. The van der Waals surface area contributed by atoms with Crippen molar-refractivity contribution in [3.05, 3.63) is 50.9 Å². The molecule has 12 heteroatoms. The number of nitrogens with one attached hydrogen (secondary N) is 1. The minimum absolute atomic E-state index is 0.0351.